The van der Waals surface area contributed by atoms with Crippen LogP contribution in [0, 0.1) is 6.92 Å². The molecule has 2 aromatic rings. The third kappa shape index (κ3) is 3.32. The molecule has 1 fully saturated rings. The first kappa shape index (κ1) is 16.6. The van der Waals surface area contributed by atoms with Gasteiger partial charge < -0.3 is 0 Å². The summed E-state index contributed by atoms with van der Waals surface area (Å²) in [5.41, 5.74) is 3.42. The van der Waals surface area contributed by atoms with E-state index >= 15 is 0 Å². The smallest absolute Gasteiger partial charge is 0.270 e. The number of carbonyl (C=O) groups excluding carboxylic acids is 2. The highest BCUT2D eigenvalue weighted by atomic mass is 32.2. The number of rotatable bonds is 3. The fourth-order valence-electron chi connectivity index (χ4n) is 2.35. The molecule has 0 aromatic heterocycles. The molecule has 1 heterocycles. The van der Waals surface area contributed by atoms with Crippen LogP contribution in [0.4, 0.5) is 5.69 Å². The van der Waals surface area contributed by atoms with Crippen LogP contribution in [-0.4, -0.2) is 16.0 Å². The Morgan fingerprint density at radius 1 is 1.08 bits per heavy atom. The van der Waals surface area contributed by atoms with Crippen molar-refractivity contribution in [2.75, 3.05) is 4.90 Å². The Bertz CT molecular complexity index is 852. The molecule has 1 saturated heterocycles. The summed E-state index contributed by atoms with van der Waals surface area (Å²) in [6.45, 7) is 3.53. The Morgan fingerprint density at radius 2 is 1.71 bits per heavy atom. The van der Waals surface area contributed by atoms with Crippen molar-refractivity contribution in [3.05, 3.63) is 70.1 Å². The molecule has 120 valence electrons. The molecular weight excluding hydrogens is 338 g/mol. The van der Waals surface area contributed by atoms with Crippen molar-refractivity contribution in [3.63, 3.8) is 0 Å². The van der Waals surface area contributed by atoms with Gasteiger partial charge in [0.05, 0.1) is 10.6 Å². The van der Waals surface area contributed by atoms with Gasteiger partial charge in [-0.05, 0) is 49.8 Å². The van der Waals surface area contributed by atoms with Crippen LogP contribution in [0.1, 0.15) is 28.4 Å². The lowest BCUT2D eigenvalue weighted by Gasteiger charge is -2.14. The van der Waals surface area contributed by atoms with E-state index in [0.717, 1.165) is 5.56 Å². The molecule has 1 aliphatic rings. The van der Waals surface area contributed by atoms with Crippen LogP contribution in [0.3, 0.4) is 0 Å². The summed E-state index contributed by atoms with van der Waals surface area (Å²) in [7, 11) is 0. The zero-order valence-corrected chi connectivity index (χ0v) is 14.9. The van der Waals surface area contributed by atoms with Crippen molar-refractivity contribution in [1.82, 2.24) is 0 Å². The summed E-state index contributed by atoms with van der Waals surface area (Å²) in [5.74, 6) is -0.146. The standard InChI is InChI=1S/C19H15NO2S2/c1-12-3-5-14(6-4-12)11-17-18(22)20(19(23)24-17)16-9-7-15(8-10-16)13(2)21/h3-11H,1-2H3/b17-11-. The minimum Gasteiger partial charge on any atom is -0.295 e. The molecule has 24 heavy (non-hydrogen) atoms. The van der Waals surface area contributed by atoms with Gasteiger partial charge in [0.15, 0.2) is 10.1 Å². The summed E-state index contributed by atoms with van der Waals surface area (Å²) >= 11 is 6.65. The molecule has 2 aromatic carbocycles. The van der Waals surface area contributed by atoms with E-state index < -0.39 is 0 Å². The van der Waals surface area contributed by atoms with Crippen LogP contribution in [0.2, 0.25) is 0 Å². The summed E-state index contributed by atoms with van der Waals surface area (Å²) < 4.78 is 0.494. The Hall–Kier alpha value is -2.24. The average molecular weight is 353 g/mol. The molecule has 3 nitrogen and oxygen atoms in total. The predicted octanol–water partition coefficient (Wildman–Crippen LogP) is 4.60. The van der Waals surface area contributed by atoms with Crippen LogP contribution in [-0.2, 0) is 4.79 Å². The van der Waals surface area contributed by atoms with E-state index in [9.17, 15) is 9.59 Å². The van der Waals surface area contributed by atoms with Crippen LogP contribution >= 0.6 is 24.0 Å². The van der Waals surface area contributed by atoms with Crippen LogP contribution in [0.5, 0.6) is 0 Å². The number of nitrogens with zero attached hydrogens (tertiary/aromatic N) is 1. The van der Waals surface area contributed by atoms with Gasteiger partial charge in [-0.25, -0.2) is 0 Å². The number of benzene rings is 2. The minimum absolute atomic E-state index is 0.00814. The average Bonchev–Trinajstić information content (AvgIpc) is 2.83. The van der Waals surface area contributed by atoms with E-state index in [2.05, 4.69) is 0 Å². The van der Waals surface area contributed by atoms with E-state index in [-0.39, 0.29) is 11.7 Å². The van der Waals surface area contributed by atoms with Gasteiger partial charge in [0.1, 0.15) is 0 Å². The lowest BCUT2D eigenvalue weighted by atomic mass is 10.1. The predicted molar refractivity (Wildman–Crippen MR) is 103 cm³/mol. The summed E-state index contributed by atoms with van der Waals surface area (Å²) in [6, 6.07) is 14.9. The van der Waals surface area contributed by atoms with Crippen molar-refractivity contribution in [2.24, 2.45) is 0 Å². The maximum atomic E-state index is 12.7. The molecule has 3 rings (SSSR count). The molecule has 1 amide bonds. The van der Waals surface area contributed by atoms with Gasteiger partial charge in [0.2, 0.25) is 0 Å². The van der Waals surface area contributed by atoms with Gasteiger partial charge in [-0.2, -0.15) is 0 Å². The normalized spacial score (nSPS) is 16.1. The molecule has 0 spiro atoms. The molecule has 0 N–H and O–H groups in total. The van der Waals surface area contributed by atoms with E-state index in [1.807, 2.05) is 37.3 Å². The third-order valence-corrected chi connectivity index (χ3v) is 5.00. The number of thiocarbonyl (C=S) groups is 1. The molecule has 0 atom stereocenters. The second-order valence-electron chi connectivity index (χ2n) is 5.53. The van der Waals surface area contributed by atoms with E-state index in [1.54, 1.807) is 24.3 Å². The number of hydrogen-bond acceptors (Lipinski definition) is 4. The fraction of sp³-hybridized carbons (Fsp3) is 0.105. The number of anilines is 1. The van der Waals surface area contributed by atoms with Gasteiger partial charge in [-0.15, -0.1) is 0 Å². The highest BCUT2D eigenvalue weighted by Gasteiger charge is 2.33. The van der Waals surface area contributed by atoms with Gasteiger partial charge in [0.25, 0.3) is 5.91 Å². The lowest BCUT2D eigenvalue weighted by molar-refractivity contribution is -0.113. The number of amides is 1. The SMILES string of the molecule is CC(=O)c1ccc(N2C(=O)/C(=C/c3ccc(C)cc3)SC2=S)cc1. The molecule has 5 heteroatoms. The summed E-state index contributed by atoms with van der Waals surface area (Å²) in [5, 5.41) is 0. The molecule has 0 bridgehead atoms. The number of thioether (sulfide) groups is 1. The van der Waals surface area contributed by atoms with Crippen molar-refractivity contribution >= 4 is 51.8 Å². The van der Waals surface area contributed by atoms with Gasteiger partial charge in [-0.1, -0.05) is 53.8 Å². The summed E-state index contributed by atoms with van der Waals surface area (Å²) in [6.07, 6.45) is 1.85. The monoisotopic (exact) mass is 353 g/mol. The van der Waals surface area contributed by atoms with Gasteiger partial charge >= 0.3 is 0 Å². The molecule has 0 radical (unpaired) electrons. The second kappa shape index (κ2) is 6.71. The van der Waals surface area contributed by atoms with Crippen LogP contribution in [0.15, 0.2) is 53.4 Å². The van der Waals surface area contributed by atoms with Crippen molar-refractivity contribution < 1.29 is 9.59 Å². The fourth-order valence-corrected chi connectivity index (χ4v) is 3.65. The molecule has 0 saturated carbocycles. The second-order valence-corrected chi connectivity index (χ2v) is 7.21. The van der Waals surface area contributed by atoms with E-state index in [1.165, 1.54) is 29.1 Å². The maximum Gasteiger partial charge on any atom is 0.270 e. The minimum atomic E-state index is -0.138. The van der Waals surface area contributed by atoms with Gasteiger partial charge in [0, 0.05) is 5.56 Å². The maximum absolute atomic E-state index is 12.7. The lowest BCUT2D eigenvalue weighted by Crippen LogP contribution is -2.27. The van der Waals surface area contributed by atoms with E-state index in [4.69, 9.17) is 12.2 Å². The zero-order valence-electron chi connectivity index (χ0n) is 13.3. The van der Waals surface area contributed by atoms with Crippen molar-refractivity contribution in [3.8, 4) is 0 Å². The number of hydrogen-bond donors (Lipinski definition) is 0. The molecular formula is C19H15NO2S2. The summed E-state index contributed by atoms with van der Waals surface area (Å²) in [4.78, 5) is 26.2. The van der Waals surface area contributed by atoms with Gasteiger partial charge in [-0.3, -0.25) is 14.5 Å². The van der Waals surface area contributed by atoms with Crippen LogP contribution in [0.25, 0.3) is 6.08 Å². The largest absolute Gasteiger partial charge is 0.295 e. The van der Waals surface area contributed by atoms with E-state index in [0.29, 0.717) is 20.5 Å². The quantitative estimate of drug-likeness (QED) is 0.459. The first-order valence-electron chi connectivity index (χ1n) is 7.41. The first-order chi connectivity index (χ1) is 11.5. The Morgan fingerprint density at radius 3 is 2.29 bits per heavy atom. The topological polar surface area (TPSA) is 37.4 Å². The third-order valence-electron chi connectivity index (χ3n) is 3.70. The highest BCUT2D eigenvalue weighted by Crippen LogP contribution is 2.36. The zero-order chi connectivity index (χ0) is 17.3. The first-order valence-corrected chi connectivity index (χ1v) is 8.64. The number of aryl methyl sites for hydroxylation is 1. The number of carbonyl (C=O) groups is 2. The highest BCUT2D eigenvalue weighted by molar-refractivity contribution is 8.27. The number of ketones is 1. The molecule has 0 aliphatic carbocycles. The molecule has 1 aliphatic heterocycles. The Balaban J connectivity index is 1.88. The van der Waals surface area contributed by atoms with Crippen LogP contribution < -0.4 is 4.90 Å². The van der Waals surface area contributed by atoms with Crippen molar-refractivity contribution in [1.29, 1.82) is 0 Å². The number of Topliss-reactive ketones (excluding diaryl/α,β-unsaturated/α-hetero) is 1. The molecule has 0 unspecified atom stereocenters. The Labute approximate surface area is 150 Å². The van der Waals surface area contributed by atoms with Crippen molar-refractivity contribution in [2.45, 2.75) is 13.8 Å². The Kier molecular flexibility index (Phi) is 4.64.